The number of phenolic OH excluding ortho intramolecular Hbond substituents is 10. The number of rotatable bonds is 14. The van der Waals surface area contributed by atoms with Crippen LogP contribution in [0.25, 0.3) is 48.6 Å². The maximum absolute atomic E-state index is 11.3. The summed E-state index contributed by atoms with van der Waals surface area (Å²) < 4.78 is 23.9. The average Bonchev–Trinajstić information content (AvgIpc) is 0.695. The van der Waals surface area contributed by atoms with E-state index in [4.69, 9.17) is 29.2 Å². The fourth-order valence-electron chi connectivity index (χ4n) is 11.2. The van der Waals surface area contributed by atoms with Crippen LogP contribution < -0.4 is 9.47 Å². The van der Waals surface area contributed by atoms with E-state index >= 15 is 0 Å². The lowest BCUT2D eigenvalue weighted by Gasteiger charge is -2.64. The minimum atomic E-state index is -2.16. The van der Waals surface area contributed by atoms with Crippen molar-refractivity contribution in [1.82, 2.24) is 0 Å². The Balaban J connectivity index is 0.000000196. The van der Waals surface area contributed by atoms with Crippen molar-refractivity contribution in [2.75, 3.05) is 13.2 Å². The van der Waals surface area contributed by atoms with Gasteiger partial charge in [0.15, 0.2) is 11.2 Å². The van der Waals surface area contributed by atoms with E-state index in [0.29, 0.717) is 22.3 Å². The molecule has 2 saturated heterocycles. The summed E-state index contributed by atoms with van der Waals surface area (Å²) in [5, 5.41) is 182. The molecule has 8 aromatic rings. The van der Waals surface area contributed by atoms with Gasteiger partial charge in [0, 0.05) is 38.1 Å². The van der Waals surface area contributed by atoms with Crippen LogP contribution in [0.15, 0.2) is 170 Å². The predicted octanol–water partition coefficient (Wildman–Crippen LogP) is 10.7. The largest absolute Gasteiger partial charge is 0.508 e. The molecule has 0 radical (unpaired) electrons. The number of aliphatic hydroxyl groups is 8. The van der Waals surface area contributed by atoms with E-state index < -0.39 is 69.6 Å². The molecule has 10 atom stereocenters. The molecule has 0 amide bonds. The third kappa shape index (κ3) is 17.0. The molecule has 10 rings (SSSR count). The number of phenols is 10. The van der Waals surface area contributed by atoms with Gasteiger partial charge in [-0.05, 0) is 197 Å². The van der Waals surface area contributed by atoms with Crippen molar-refractivity contribution in [1.29, 1.82) is 0 Å². The lowest BCUT2D eigenvalue weighted by Crippen LogP contribution is -2.85. The van der Waals surface area contributed by atoms with Crippen LogP contribution in [0.4, 0.5) is 0 Å². The molecular formula is C78H88O22. The minimum absolute atomic E-state index is 0.0235. The van der Waals surface area contributed by atoms with Crippen molar-refractivity contribution in [2.24, 2.45) is 0 Å². The van der Waals surface area contributed by atoms with Gasteiger partial charge >= 0.3 is 0 Å². The second kappa shape index (κ2) is 29.8. The van der Waals surface area contributed by atoms with Crippen molar-refractivity contribution in [3.63, 3.8) is 0 Å². The van der Waals surface area contributed by atoms with Gasteiger partial charge in [-0.15, -0.1) is 0 Å². The molecule has 22 heteroatoms. The molecule has 7 unspecified atom stereocenters. The van der Waals surface area contributed by atoms with Gasteiger partial charge in [-0.25, -0.2) is 0 Å². The molecule has 0 aromatic heterocycles. The highest BCUT2D eigenvalue weighted by atomic mass is 16.7. The van der Waals surface area contributed by atoms with Gasteiger partial charge < -0.3 is 111 Å². The Kier molecular flexibility index (Phi) is 23.0. The average molecular weight is 1380 g/mol. The first-order valence-corrected chi connectivity index (χ1v) is 31.4. The maximum Gasteiger partial charge on any atom is 0.240 e. The Morgan fingerprint density at radius 2 is 0.450 bits per heavy atom. The third-order valence-corrected chi connectivity index (χ3v) is 18.8. The smallest absolute Gasteiger partial charge is 0.240 e. The van der Waals surface area contributed by atoms with Crippen molar-refractivity contribution in [3.8, 4) is 69.0 Å². The van der Waals surface area contributed by atoms with Gasteiger partial charge in [-0.2, -0.15) is 0 Å². The first-order chi connectivity index (χ1) is 46.4. The van der Waals surface area contributed by atoms with Crippen LogP contribution in [-0.2, 0) is 9.47 Å². The molecule has 2 aliphatic rings. The molecule has 18 N–H and O–H groups in total. The summed E-state index contributed by atoms with van der Waals surface area (Å²) in [7, 11) is 0. The van der Waals surface area contributed by atoms with Crippen LogP contribution in [0, 0.1) is 0 Å². The molecule has 0 bridgehead atoms. The highest BCUT2D eigenvalue weighted by molar-refractivity contribution is 5.74. The summed E-state index contributed by atoms with van der Waals surface area (Å²) in [6.07, 6.45) is 14.2. The van der Waals surface area contributed by atoms with Crippen LogP contribution in [0.2, 0.25) is 0 Å². The van der Waals surface area contributed by atoms with Gasteiger partial charge in [-0.1, -0.05) is 97.1 Å². The molecule has 2 fully saturated rings. The second-order valence-corrected chi connectivity index (χ2v) is 26.3. The summed E-state index contributed by atoms with van der Waals surface area (Å²) in [6.45, 7) is 11.9. The van der Waals surface area contributed by atoms with Crippen molar-refractivity contribution < 1.29 is 111 Å². The minimum Gasteiger partial charge on any atom is -0.508 e. The number of hydrogen-bond donors (Lipinski definition) is 18. The van der Waals surface area contributed by atoms with Gasteiger partial charge in [-0.3, -0.25) is 0 Å². The number of ether oxygens (including phenoxy) is 4. The molecule has 2 aliphatic heterocycles. The van der Waals surface area contributed by atoms with E-state index in [9.17, 15) is 81.7 Å². The Morgan fingerprint density at radius 3 is 0.670 bits per heavy atom. The number of hydrogen-bond acceptors (Lipinski definition) is 22. The van der Waals surface area contributed by atoms with Gasteiger partial charge in [0.25, 0.3) is 0 Å². The van der Waals surface area contributed by atoms with Crippen molar-refractivity contribution >= 4 is 48.6 Å². The van der Waals surface area contributed by atoms with Crippen molar-refractivity contribution in [3.05, 3.63) is 214 Å². The summed E-state index contributed by atoms with van der Waals surface area (Å²) in [5.41, 5.74) is -10.1. The van der Waals surface area contributed by atoms with Crippen LogP contribution in [0.1, 0.15) is 114 Å². The normalized spacial score (nSPS) is 27.9. The van der Waals surface area contributed by atoms with Crippen molar-refractivity contribution in [2.45, 2.75) is 126 Å². The van der Waals surface area contributed by atoms with Gasteiger partial charge in [0.2, 0.25) is 11.6 Å². The monoisotopic (exact) mass is 1380 g/mol. The Labute approximate surface area is 579 Å². The van der Waals surface area contributed by atoms with E-state index in [1.54, 1.807) is 170 Å². The van der Waals surface area contributed by atoms with E-state index in [1.807, 2.05) is 12.2 Å². The van der Waals surface area contributed by atoms with E-state index in [-0.39, 0.29) is 69.0 Å². The number of aliphatic hydroxyl groups excluding tert-OH is 2. The highest BCUT2D eigenvalue weighted by Crippen LogP contribution is 2.56. The summed E-state index contributed by atoms with van der Waals surface area (Å²) in [5.74, 6) is -2.99. The highest BCUT2D eigenvalue weighted by Gasteiger charge is 2.76. The molecule has 0 spiro atoms. The van der Waals surface area contributed by atoms with E-state index in [0.717, 1.165) is 22.3 Å². The molecule has 22 nitrogen and oxygen atoms in total. The molecule has 8 aromatic carbocycles. The van der Waals surface area contributed by atoms with Crippen LogP contribution in [0.5, 0.6) is 69.0 Å². The van der Waals surface area contributed by atoms with Gasteiger partial charge in [0.1, 0.15) is 103 Å². The second-order valence-electron chi connectivity index (χ2n) is 26.3. The molecule has 100 heavy (non-hydrogen) atoms. The van der Waals surface area contributed by atoms with Crippen LogP contribution in [0.3, 0.4) is 0 Å². The number of benzene rings is 8. The molecule has 0 aliphatic carbocycles. The molecule has 2 heterocycles. The summed E-state index contributed by atoms with van der Waals surface area (Å²) in [6, 6.07) is 44.2. The zero-order chi connectivity index (χ0) is 74.2. The molecular weight excluding hydrogens is 1290 g/mol. The van der Waals surface area contributed by atoms with Gasteiger partial charge in [0.05, 0.1) is 13.2 Å². The Hall–Kier alpha value is -10.1. The number of aromatic hydroxyl groups is 10. The summed E-state index contributed by atoms with van der Waals surface area (Å²) >= 11 is 0. The van der Waals surface area contributed by atoms with Crippen LogP contribution in [-0.4, -0.2) is 162 Å². The quantitative estimate of drug-likeness (QED) is 0.0450. The third-order valence-electron chi connectivity index (χ3n) is 18.8. The fourth-order valence-corrected chi connectivity index (χ4v) is 11.2. The SMILES string of the molecule is CC1(CO)OC(C)(Oc2cc(O)cc(/C=C\c3ccc(O)cc3)c2)C(C)(O)C(C)(O)C1(C)O.CC1(O)[C@](C)(Oc2cc(O)cc(/C=C/c3ccc(O)cc3)c2)OC(C)(CO)[C@@](C)(O)[C@@]1(C)O.Oc1ccc(/C=C/c2cc(O)cc(O)c2)cc1.Oc1ccc(/C=C\c2cc(O)cc(O)c2)cc1. The zero-order valence-electron chi connectivity index (χ0n) is 56.9. The topological polar surface area (TPSA) is 401 Å². The summed E-state index contributed by atoms with van der Waals surface area (Å²) in [4.78, 5) is 0. The first-order valence-electron chi connectivity index (χ1n) is 31.4. The Morgan fingerprint density at radius 1 is 0.250 bits per heavy atom. The standard InChI is InChI=1S/2C25H32O8.2C14H12O3/c2*1-21(15-26)22(2,29)23(3,30)24(4,31)25(5,33-21)32-20-13-17(12-19(28)14-20)7-6-16-8-10-18(27)11-9-16;2*15-12-5-3-10(4-6-12)1-2-11-7-13(16)9-14(17)8-11/h2*6-14,26-31H,15H2,1-5H3;2*1-9,15-17H/b7-6+;7-6-;2-1+;2-1-/t21?,22-,23-,24?,25-;;;/m1.../s1. The Bertz CT molecular complexity index is 3920. The first kappa shape index (κ1) is 77.3. The molecule has 0 saturated carbocycles. The lowest BCUT2D eigenvalue weighted by molar-refractivity contribution is -0.441. The lowest BCUT2D eigenvalue weighted by atomic mass is 9.61. The molecule has 532 valence electrons. The predicted molar refractivity (Wildman–Crippen MR) is 379 cm³/mol. The fraction of sp³-hybridized carbons (Fsp3) is 0.282. The zero-order valence-corrected chi connectivity index (χ0v) is 56.9. The maximum atomic E-state index is 11.3. The van der Waals surface area contributed by atoms with Crippen LogP contribution >= 0.6 is 0 Å². The van der Waals surface area contributed by atoms with E-state index in [2.05, 4.69) is 0 Å². The van der Waals surface area contributed by atoms with E-state index in [1.165, 1.54) is 106 Å².